The van der Waals surface area contributed by atoms with Gasteiger partial charge in [0.15, 0.2) is 0 Å². The molecule has 17 heavy (non-hydrogen) atoms. The third-order valence-corrected chi connectivity index (χ3v) is 2.35. The van der Waals surface area contributed by atoms with Crippen LogP contribution < -0.4 is 10.6 Å². The molecule has 1 heterocycles. The molecule has 5 heteroatoms. The van der Waals surface area contributed by atoms with E-state index in [0.717, 1.165) is 12.1 Å². The number of aromatic nitrogens is 1. The average Bonchev–Trinajstić information content (AvgIpc) is 2.36. The van der Waals surface area contributed by atoms with Crippen molar-refractivity contribution in [3.8, 4) is 0 Å². The highest BCUT2D eigenvalue weighted by Crippen LogP contribution is 1.92. The quantitative estimate of drug-likeness (QED) is 0.751. The summed E-state index contributed by atoms with van der Waals surface area (Å²) in [7, 11) is 0. The van der Waals surface area contributed by atoms with E-state index in [1.165, 1.54) is 0 Å². The van der Waals surface area contributed by atoms with E-state index in [1.807, 2.05) is 19.9 Å². The Labute approximate surface area is 101 Å². The molecule has 0 aliphatic carbocycles. The molecule has 1 atom stereocenters. The second-order valence-electron chi connectivity index (χ2n) is 3.79. The number of rotatable bonds is 4. The monoisotopic (exact) mass is 235 g/mol. The van der Waals surface area contributed by atoms with Crippen molar-refractivity contribution in [1.29, 1.82) is 0 Å². The van der Waals surface area contributed by atoms with Crippen LogP contribution in [0.4, 0.5) is 0 Å². The molecular weight excluding hydrogens is 218 g/mol. The lowest BCUT2D eigenvalue weighted by atomic mass is 10.2. The van der Waals surface area contributed by atoms with Crippen molar-refractivity contribution in [2.24, 2.45) is 0 Å². The highest BCUT2D eigenvalue weighted by atomic mass is 16.2. The molecule has 1 aromatic heterocycles. The summed E-state index contributed by atoms with van der Waals surface area (Å²) in [6.45, 7) is 4.05. The summed E-state index contributed by atoms with van der Waals surface area (Å²) < 4.78 is 0. The standard InChI is InChI=1S/C12H17N3O2/c1-3-9(2)15-12(17)11(16)14-8-10-6-4-5-7-13-10/h4-7,9H,3,8H2,1-2H3,(H,14,16)(H,15,17)/t9-/m1/s1. The highest BCUT2D eigenvalue weighted by molar-refractivity contribution is 6.35. The second-order valence-corrected chi connectivity index (χ2v) is 3.79. The van der Waals surface area contributed by atoms with Crippen LogP contribution in [0.1, 0.15) is 26.0 Å². The van der Waals surface area contributed by atoms with Gasteiger partial charge in [0.1, 0.15) is 0 Å². The summed E-state index contributed by atoms with van der Waals surface area (Å²) >= 11 is 0. The van der Waals surface area contributed by atoms with Crippen molar-refractivity contribution >= 4 is 11.8 Å². The van der Waals surface area contributed by atoms with Gasteiger partial charge in [-0.2, -0.15) is 0 Å². The van der Waals surface area contributed by atoms with Crippen LogP contribution in [0.25, 0.3) is 0 Å². The molecule has 0 aromatic carbocycles. The Morgan fingerprint density at radius 1 is 1.35 bits per heavy atom. The van der Waals surface area contributed by atoms with Crippen molar-refractivity contribution in [1.82, 2.24) is 15.6 Å². The van der Waals surface area contributed by atoms with Crippen LogP contribution in [0.15, 0.2) is 24.4 Å². The Kier molecular flexibility index (Phi) is 5.13. The molecule has 0 saturated heterocycles. The van der Waals surface area contributed by atoms with Crippen molar-refractivity contribution < 1.29 is 9.59 Å². The Morgan fingerprint density at radius 3 is 2.71 bits per heavy atom. The lowest BCUT2D eigenvalue weighted by molar-refractivity contribution is -0.139. The van der Waals surface area contributed by atoms with E-state index in [-0.39, 0.29) is 12.6 Å². The summed E-state index contributed by atoms with van der Waals surface area (Å²) in [6, 6.07) is 5.41. The molecule has 1 rings (SSSR count). The number of amides is 2. The van der Waals surface area contributed by atoms with Crippen LogP contribution in [-0.2, 0) is 16.1 Å². The lowest BCUT2D eigenvalue weighted by Crippen LogP contribution is -2.43. The van der Waals surface area contributed by atoms with E-state index in [1.54, 1.807) is 18.3 Å². The van der Waals surface area contributed by atoms with Gasteiger partial charge in [-0.15, -0.1) is 0 Å². The van der Waals surface area contributed by atoms with Crippen molar-refractivity contribution in [3.05, 3.63) is 30.1 Å². The summed E-state index contributed by atoms with van der Waals surface area (Å²) in [5, 5.41) is 5.11. The predicted molar refractivity (Wildman–Crippen MR) is 64.0 cm³/mol. The molecule has 1 aromatic rings. The smallest absolute Gasteiger partial charge is 0.309 e. The molecule has 0 aliphatic heterocycles. The minimum absolute atomic E-state index is 0.00287. The molecule has 0 aliphatic rings. The molecule has 0 fully saturated rings. The van der Waals surface area contributed by atoms with Gasteiger partial charge < -0.3 is 10.6 Å². The number of pyridine rings is 1. The van der Waals surface area contributed by atoms with Crippen molar-refractivity contribution in [3.63, 3.8) is 0 Å². The van der Waals surface area contributed by atoms with E-state index in [2.05, 4.69) is 15.6 Å². The Morgan fingerprint density at radius 2 is 2.12 bits per heavy atom. The average molecular weight is 235 g/mol. The molecule has 2 N–H and O–H groups in total. The zero-order valence-corrected chi connectivity index (χ0v) is 10.1. The lowest BCUT2D eigenvalue weighted by Gasteiger charge is -2.10. The molecule has 0 unspecified atom stereocenters. The molecular formula is C12H17N3O2. The van der Waals surface area contributed by atoms with Gasteiger partial charge >= 0.3 is 11.8 Å². The first-order valence-corrected chi connectivity index (χ1v) is 5.62. The maximum atomic E-state index is 11.4. The fraction of sp³-hybridized carbons (Fsp3) is 0.417. The number of carbonyl (C=O) groups excluding carboxylic acids is 2. The van der Waals surface area contributed by atoms with Crippen molar-refractivity contribution in [2.45, 2.75) is 32.9 Å². The van der Waals surface area contributed by atoms with E-state index in [9.17, 15) is 9.59 Å². The molecule has 92 valence electrons. The summed E-state index contributed by atoms with van der Waals surface area (Å²) in [5.74, 6) is -1.23. The van der Waals surface area contributed by atoms with Crippen LogP contribution in [0, 0.1) is 0 Å². The SMILES string of the molecule is CC[C@@H](C)NC(=O)C(=O)NCc1ccccn1. The maximum Gasteiger partial charge on any atom is 0.309 e. The van der Waals surface area contributed by atoms with Gasteiger partial charge in [0.2, 0.25) is 0 Å². The van der Waals surface area contributed by atoms with Gasteiger partial charge in [-0.3, -0.25) is 14.6 Å². The van der Waals surface area contributed by atoms with E-state index in [4.69, 9.17) is 0 Å². The van der Waals surface area contributed by atoms with Gasteiger partial charge in [0.05, 0.1) is 12.2 Å². The van der Waals surface area contributed by atoms with Crippen molar-refractivity contribution in [2.75, 3.05) is 0 Å². The topological polar surface area (TPSA) is 71.1 Å². The zero-order chi connectivity index (χ0) is 12.7. The Hall–Kier alpha value is -1.91. The molecule has 0 spiro atoms. The number of hydrogen-bond donors (Lipinski definition) is 2. The molecule has 0 radical (unpaired) electrons. The minimum Gasteiger partial charge on any atom is -0.345 e. The first-order valence-electron chi connectivity index (χ1n) is 5.62. The van der Waals surface area contributed by atoms with Gasteiger partial charge in [0, 0.05) is 12.2 Å². The van der Waals surface area contributed by atoms with Gasteiger partial charge in [0.25, 0.3) is 0 Å². The van der Waals surface area contributed by atoms with E-state index >= 15 is 0 Å². The third-order valence-electron chi connectivity index (χ3n) is 2.35. The predicted octanol–water partition coefficient (Wildman–Crippen LogP) is 0.612. The van der Waals surface area contributed by atoms with E-state index in [0.29, 0.717) is 0 Å². The summed E-state index contributed by atoms with van der Waals surface area (Å²) in [5.41, 5.74) is 0.720. The van der Waals surface area contributed by atoms with Gasteiger partial charge in [-0.05, 0) is 25.5 Å². The third kappa shape index (κ3) is 4.63. The first kappa shape index (κ1) is 13.2. The van der Waals surface area contributed by atoms with Crippen LogP contribution >= 0.6 is 0 Å². The fourth-order valence-electron chi connectivity index (χ4n) is 1.15. The van der Waals surface area contributed by atoms with Crippen LogP contribution in [0.3, 0.4) is 0 Å². The van der Waals surface area contributed by atoms with Gasteiger partial charge in [-0.1, -0.05) is 13.0 Å². The van der Waals surface area contributed by atoms with Crippen LogP contribution in [0.2, 0.25) is 0 Å². The minimum atomic E-state index is -0.629. The maximum absolute atomic E-state index is 11.4. The Balaban J connectivity index is 2.37. The molecule has 2 amide bonds. The molecule has 0 saturated carbocycles. The molecule has 0 bridgehead atoms. The first-order chi connectivity index (χ1) is 8.13. The van der Waals surface area contributed by atoms with Crippen LogP contribution in [0.5, 0.6) is 0 Å². The fourth-order valence-corrected chi connectivity index (χ4v) is 1.15. The zero-order valence-electron chi connectivity index (χ0n) is 10.1. The Bertz CT molecular complexity index is 379. The number of hydrogen-bond acceptors (Lipinski definition) is 3. The van der Waals surface area contributed by atoms with Gasteiger partial charge in [-0.25, -0.2) is 0 Å². The highest BCUT2D eigenvalue weighted by Gasteiger charge is 2.14. The largest absolute Gasteiger partial charge is 0.345 e. The molecule has 5 nitrogen and oxygen atoms in total. The number of carbonyl (C=O) groups is 2. The normalized spacial score (nSPS) is 11.6. The number of nitrogens with one attached hydrogen (secondary N) is 2. The second kappa shape index (κ2) is 6.62. The number of nitrogens with zero attached hydrogens (tertiary/aromatic N) is 1. The summed E-state index contributed by atoms with van der Waals surface area (Å²) in [6.07, 6.45) is 2.43. The summed E-state index contributed by atoms with van der Waals surface area (Å²) in [4.78, 5) is 26.8. The van der Waals surface area contributed by atoms with Crippen LogP contribution in [-0.4, -0.2) is 22.8 Å². The van der Waals surface area contributed by atoms with E-state index < -0.39 is 11.8 Å².